The van der Waals surface area contributed by atoms with Crippen LogP contribution in [-0.4, -0.2) is 50.2 Å². The minimum absolute atomic E-state index is 0.147. The number of carbonyl (C=O) groups excluding carboxylic acids is 1. The summed E-state index contributed by atoms with van der Waals surface area (Å²) >= 11 is 0. The monoisotopic (exact) mass is 290 g/mol. The molecule has 1 aromatic rings. The number of nitrogens with one attached hydrogen (secondary N) is 1. The van der Waals surface area contributed by atoms with E-state index in [4.69, 9.17) is 4.74 Å². The van der Waals surface area contributed by atoms with Crippen molar-refractivity contribution >= 4 is 5.91 Å². The molecule has 1 aromatic carbocycles. The maximum Gasteiger partial charge on any atom is 0.220 e. The van der Waals surface area contributed by atoms with Crippen LogP contribution in [-0.2, 0) is 9.53 Å². The van der Waals surface area contributed by atoms with Gasteiger partial charge in [-0.3, -0.25) is 9.69 Å². The molecule has 1 saturated heterocycles. The highest BCUT2D eigenvalue weighted by Crippen LogP contribution is 2.17. The summed E-state index contributed by atoms with van der Waals surface area (Å²) in [5.41, 5.74) is 1.22. The molecular weight excluding hydrogens is 264 g/mol. The third-order valence-corrected chi connectivity index (χ3v) is 3.94. The molecular formula is C17H26N2O2. The van der Waals surface area contributed by atoms with Crippen LogP contribution in [0.2, 0.25) is 0 Å². The fraction of sp³-hybridized carbons (Fsp3) is 0.588. The van der Waals surface area contributed by atoms with E-state index in [0.717, 1.165) is 45.8 Å². The summed E-state index contributed by atoms with van der Waals surface area (Å²) in [6, 6.07) is 10.2. The summed E-state index contributed by atoms with van der Waals surface area (Å²) in [5.74, 6) is 0.416. The summed E-state index contributed by atoms with van der Waals surface area (Å²) in [7, 11) is 0. The molecule has 116 valence electrons. The van der Waals surface area contributed by atoms with Crippen molar-refractivity contribution in [1.29, 1.82) is 0 Å². The molecule has 2 rings (SSSR count). The summed E-state index contributed by atoms with van der Waals surface area (Å²) in [6.45, 7) is 7.60. The molecule has 1 fully saturated rings. The zero-order valence-corrected chi connectivity index (χ0v) is 12.9. The molecule has 0 radical (unpaired) electrons. The van der Waals surface area contributed by atoms with E-state index in [1.807, 2.05) is 18.2 Å². The van der Waals surface area contributed by atoms with Crippen LogP contribution >= 0.6 is 0 Å². The van der Waals surface area contributed by atoms with Crippen molar-refractivity contribution in [3.63, 3.8) is 0 Å². The van der Waals surface area contributed by atoms with Crippen molar-refractivity contribution in [2.24, 2.45) is 0 Å². The summed E-state index contributed by atoms with van der Waals surface area (Å²) in [4.78, 5) is 14.3. The molecule has 1 atom stereocenters. The SMILES string of the molecule is CC(CC(=O)NCCCN1CCOCC1)c1ccccc1. The lowest BCUT2D eigenvalue weighted by Crippen LogP contribution is -2.38. The van der Waals surface area contributed by atoms with E-state index in [9.17, 15) is 4.79 Å². The first-order valence-corrected chi connectivity index (χ1v) is 7.87. The number of amides is 1. The Bertz CT molecular complexity index is 416. The van der Waals surface area contributed by atoms with Gasteiger partial charge in [-0.25, -0.2) is 0 Å². The Morgan fingerprint density at radius 1 is 1.29 bits per heavy atom. The quantitative estimate of drug-likeness (QED) is 0.781. The van der Waals surface area contributed by atoms with Crippen molar-refractivity contribution in [3.05, 3.63) is 35.9 Å². The van der Waals surface area contributed by atoms with E-state index < -0.39 is 0 Å². The van der Waals surface area contributed by atoms with Crippen LogP contribution in [0, 0.1) is 0 Å². The Labute approximate surface area is 127 Å². The first-order chi connectivity index (χ1) is 10.3. The van der Waals surface area contributed by atoms with Gasteiger partial charge in [-0.2, -0.15) is 0 Å². The first kappa shape index (κ1) is 16.0. The second-order valence-corrected chi connectivity index (χ2v) is 5.67. The van der Waals surface area contributed by atoms with Gasteiger partial charge in [0.05, 0.1) is 13.2 Å². The van der Waals surface area contributed by atoms with Crippen LogP contribution < -0.4 is 5.32 Å². The molecule has 4 heteroatoms. The largest absolute Gasteiger partial charge is 0.379 e. The van der Waals surface area contributed by atoms with Gasteiger partial charge in [0.2, 0.25) is 5.91 Å². The van der Waals surface area contributed by atoms with E-state index in [1.165, 1.54) is 5.56 Å². The van der Waals surface area contributed by atoms with Crippen molar-refractivity contribution in [1.82, 2.24) is 10.2 Å². The fourth-order valence-corrected chi connectivity index (χ4v) is 2.60. The average Bonchev–Trinajstić information content (AvgIpc) is 2.53. The normalized spacial score (nSPS) is 17.4. The second-order valence-electron chi connectivity index (χ2n) is 5.67. The molecule has 1 amide bonds. The van der Waals surface area contributed by atoms with Crippen molar-refractivity contribution in [3.8, 4) is 0 Å². The fourth-order valence-electron chi connectivity index (χ4n) is 2.60. The predicted molar refractivity (Wildman–Crippen MR) is 84.4 cm³/mol. The number of nitrogens with zero attached hydrogens (tertiary/aromatic N) is 1. The van der Waals surface area contributed by atoms with Crippen LogP contribution in [0.3, 0.4) is 0 Å². The first-order valence-electron chi connectivity index (χ1n) is 7.87. The van der Waals surface area contributed by atoms with Gasteiger partial charge in [0.1, 0.15) is 0 Å². The maximum atomic E-state index is 11.9. The molecule has 0 saturated carbocycles. The Hall–Kier alpha value is -1.39. The molecule has 1 aliphatic heterocycles. The lowest BCUT2D eigenvalue weighted by Gasteiger charge is -2.26. The number of hydrogen-bond donors (Lipinski definition) is 1. The van der Waals surface area contributed by atoms with Gasteiger partial charge in [0, 0.05) is 26.1 Å². The molecule has 1 N–H and O–H groups in total. The van der Waals surface area contributed by atoms with Crippen molar-refractivity contribution in [2.75, 3.05) is 39.4 Å². The van der Waals surface area contributed by atoms with Crippen LogP contribution in [0.4, 0.5) is 0 Å². The highest BCUT2D eigenvalue weighted by Gasteiger charge is 2.12. The predicted octanol–water partition coefficient (Wildman–Crippen LogP) is 2.02. The highest BCUT2D eigenvalue weighted by molar-refractivity contribution is 5.76. The topological polar surface area (TPSA) is 41.6 Å². The van der Waals surface area contributed by atoms with E-state index in [1.54, 1.807) is 0 Å². The molecule has 0 aliphatic carbocycles. The summed E-state index contributed by atoms with van der Waals surface area (Å²) in [5, 5.41) is 3.03. The maximum absolute atomic E-state index is 11.9. The number of rotatable bonds is 7. The number of carbonyl (C=O) groups is 1. The standard InChI is InChI=1S/C17H26N2O2/c1-15(16-6-3-2-4-7-16)14-17(20)18-8-5-9-19-10-12-21-13-11-19/h2-4,6-7,15H,5,8-14H2,1H3,(H,18,20). The van der Waals surface area contributed by atoms with Gasteiger partial charge in [0.15, 0.2) is 0 Å². The molecule has 0 spiro atoms. The molecule has 0 aromatic heterocycles. The number of morpholine rings is 1. The molecule has 0 bridgehead atoms. The Balaban J connectivity index is 1.59. The van der Waals surface area contributed by atoms with Gasteiger partial charge in [-0.05, 0) is 24.4 Å². The van der Waals surface area contributed by atoms with Gasteiger partial charge < -0.3 is 10.1 Å². The van der Waals surface area contributed by atoms with Gasteiger partial charge in [-0.1, -0.05) is 37.3 Å². The third-order valence-electron chi connectivity index (χ3n) is 3.94. The molecule has 1 heterocycles. The van der Waals surface area contributed by atoms with Gasteiger partial charge in [-0.15, -0.1) is 0 Å². The van der Waals surface area contributed by atoms with E-state index in [2.05, 4.69) is 29.3 Å². The smallest absolute Gasteiger partial charge is 0.220 e. The third kappa shape index (κ3) is 5.86. The Morgan fingerprint density at radius 2 is 2.00 bits per heavy atom. The van der Waals surface area contributed by atoms with E-state index >= 15 is 0 Å². The van der Waals surface area contributed by atoms with Crippen molar-refractivity contribution < 1.29 is 9.53 Å². The molecule has 1 unspecified atom stereocenters. The average molecular weight is 290 g/mol. The highest BCUT2D eigenvalue weighted by atomic mass is 16.5. The molecule has 21 heavy (non-hydrogen) atoms. The van der Waals surface area contributed by atoms with Crippen molar-refractivity contribution in [2.45, 2.75) is 25.7 Å². The number of hydrogen-bond acceptors (Lipinski definition) is 3. The van der Waals surface area contributed by atoms with Gasteiger partial charge >= 0.3 is 0 Å². The second kappa shape index (κ2) is 8.80. The van der Waals surface area contributed by atoms with Crippen LogP contribution in [0.5, 0.6) is 0 Å². The lowest BCUT2D eigenvalue weighted by atomic mass is 9.97. The zero-order valence-electron chi connectivity index (χ0n) is 12.9. The minimum Gasteiger partial charge on any atom is -0.379 e. The van der Waals surface area contributed by atoms with E-state index in [0.29, 0.717) is 6.42 Å². The summed E-state index contributed by atoms with van der Waals surface area (Å²) in [6.07, 6.45) is 1.56. The molecule has 1 aliphatic rings. The summed E-state index contributed by atoms with van der Waals surface area (Å²) < 4.78 is 5.32. The lowest BCUT2D eigenvalue weighted by molar-refractivity contribution is -0.121. The minimum atomic E-state index is 0.147. The zero-order chi connectivity index (χ0) is 14.9. The van der Waals surface area contributed by atoms with Crippen LogP contribution in [0.15, 0.2) is 30.3 Å². The number of benzene rings is 1. The van der Waals surface area contributed by atoms with Crippen LogP contribution in [0.1, 0.15) is 31.2 Å². The Kier molecular flexibility index (Phi) is 6.70. The molecule has 4 nitrogen and oxygen atoms in total. The van der Waals surface area contributed by atoms with Gasteiger partial charge in [0.25, 0.3) is 0 Å². The Morgan fingerprint density at radius 3 is 2.71 bits per heavy atom. The number of ether oxygens (including phenoxy) is 1. The van der Waals surface area contributed by atoms with Crippen LogP contribution in [0.25, 0.3) is 0 Å². The van der Waals surface area contributed by atoms with E-state index in [-0.39, 0.29) is 11.8 Å².